The number of hydrogen-bond acceptors (Lipinski definition) is 5. The summed E-state index contributed by atoms with van der Waals surface area (Å²) in [6.07, 6.45) is 7.74. The number of urea groups is 1. The van der Waals surface area contributed by atoms with Gasteiger partial charge < -0.3 is 25.3 Å². The lowest BCUT2D eigenvalue weighted by atomic mass is 9.84. The van der Waals surface area contributed by atoms with Crippen molar-refractivity contribution < 1.29 is 24.6 Å². The van der Waals surface area contributed by atoms with Gasteiger partial charge in [0.1, 0.15) is 0 Å². The molecule has 9 nitrogen and oxygen atoms in total. The highest BCUT2D eigenvalue weighted by Gasteiger charge is 2.45. The molecule has 3 aliphatic rings. The zero-order chi connectivity index (χ0) is 24.3. The summed E-state index contributed by atoms with van der Waals surface area (Å²) < 4.78 is 0. The molecule has 34 heavy (non-hydrogen) atoms. The fraction of sp³-hybridized carbons (Fsp3) is 0.680. The van der Waals surface area contributed by atoms with Crippen LogP contribution in [-0.4, -0.2) is 80.7 Å². The summed E-state index contributed by atoms with van der Waals surface area (Å²) in [5, 5.41) is 22.6. The van der Waals surface area contributed by atoms with Crippen LogP contribution in [0, 0.1) is 5.92 Å². The highest BCUT2D eigenvalue weighted by Crippen LogP contribution is 2.29. The first-order chi connectivity index (χ1) is 16.2. The lowest BCUT2D eigenvalue weighted by Crippen LogP contribution is -2.62. The summed E-state index contributed by atoms with van der Waals surface area (Å²) >= 11 is 0. The Morgan fingerprint density at radius 2 is 1.74 bits per heavy atom. The number of aliphatic hydroxyl groups is 1. The number of aliphatic carboxylic acids is 1. The molecule has 0 aromatic carbocycles. The van der Waals surface area contributed by atoms with Crippen LogP contribution in [0.2, 0.25) is 0 Å². The molecule has 2 fully saturated rings. The minimum Gasteiger partial charge on any atom is -0.480 e. The molecule has 0 bridgehead atoms. The number of aromatic nitrogens is 1. The fourth-order valence-corrected chi connectivity index (χ4v) is 5.57. The van der Waals surface area contributed by atoms with Crippen LogP contribution in [-0.2, 0) is 28.9 Å². The van der Waals surface area contributed by atoms with Gasteiger partial charge in [0.15, 0.2) is 6.04 Å². The third-order valence-electron chi connectivity index (χ3n) is 7.65. The SMILES string of the molecule is CC(=O)NC(C(=O)O)C1(O)CCN(C(=O)N2CCC(Cc3ccc4c(n3)CCCC4)CC2)CC1. The van der Waals surface area contributed by atoms with E-state index in [1.54, 1.807) is 4.90 Å². The molecule has 0 radical (unpaired) electrons. The standard InChI is InChI=1S/C25H36N4O5/c1-17(30)26-22(23(31)32)25(34)10-14-29(15-11-25)24(33)28-12-8-18(9-13-28)16-20-7-6-19-4-2-3-5-21(19)27-20/h6-7,18,22,34H,2-5,8-16H2,1H3,(H,26,30)(H,31,32). The third kappa shape index (κ3) is 5.51. The van der Waals surface area contributed by atoms with Crippen molar-refractivity contribution in [1.82, 2.24) is 20.1 Å². The number of rotatable bonds is 5. The van der Waals surface area contributed by atoms with Gasteiger partial charge in [0.25, 0.3) is 0 Å². The van der Waals surface area contributed by atoms with Crippen molar-refractivity contribution in [2.45, 2.75) is 76.4 Å². The van der Waals surface area contributed by atoms with Gasteiger partial charge in [-0.1, -0.05) is 6.07 Å². The number of nitrogens with one attached hydrogen (secondary N) is 1. The fourth-order valence-electron chi connectivity index (χ4n) is 5.57. The molecule has 186 valence electrons. The molecule has 1 unspecified atom stereocenters. The van der Waals surface area contributed by atoms with Crippen LogP contribution in [0.4, 0.5) is 4.79 Å². The van der Waals surface area contributed by atoms with Crippen molar-refractivity contribution in [1.29, 1.82) is 0 Å². The van der Waals surface area contributed by atoms with E-state index in [0.717, 1.165) is 37.8 Å². The molecule has 2 aliphatic heterocycles. The predicted molar refractivity (Wildman–Crippen MR) is 125 cm³/mol. The van der Waals surface area contributed by atoms with Gasteiger partial charge in [-0.05, 0) is 75.3 Å². The molecule has 0 spiro atoms. The molecule has 1 aromatic rings. The molecule has 3 N–H and O–H groups in total. The Balaban J connectivity index is 1.26. The molecule has 1 aliphatic carbocycles. The van der Waals surface area contributed by atoms with Gasteiger partial charge in [0, 0.05) is 44.5 Å². The third-order valence-corrected chi connectivity index (χ3v) is 7.65. The number of carbonyl (C=O) groups excluding carboxylic acids is 2. The second-order valence-corrected chi connectivity index (χ2v) is 10.1. The average Bonchev–Trinajstić information content (AvgIpc) is 2.83. The number of likely N-dealkylation sites (tertiary alicyclic amines) is 2. The summed E-state index contributed by atoms with van der Waals surface area (Å²) in [7, 11) is 0. The van der Waals surface area contributed by atoms with Crippen molar-refractivity contribution >= 4 is 17.9 Å². The number of piperidine rings is 2. The molecule has 1 atom stereocenters. The van der Waals surface area contributed by atoms with E-state index in [-0.39, 0.29) is 32.0 Å². The van der Waals surface area contributed by atoms with Crippen molar-refractivity contribution in [2.75, 3.05) is 26.2 Å². The molecule has 3 heterocycles. The number of carboxylic acids is 1. The first-order valence-electron chi connectivity index (χ1n) is 12.5. The smallest absolute Gasteiger partial charge is 0.329 e. The number of aryl methyl sites for hydroxylation is 2. The van der Waals surface area contributed by atoms with Gasteiger partial charge in [0.05, 0.1) is 5.60 Å². The van der Waals surface area contributed by atoms with E-state index in [9.17, 15) is 24.6 Å². The number of fused-ring (bicyclic) bond motifs is 1. The number of carbonyl (C=O) groups is 3. The molecule has 2 saturated heterocycles. The van der Waals surface area contributed by atoms with Crippen molar-refractivity contribution in [2.24, 2.45) is 5.92 Å². The molecule has 9 heteroatoms. The summed E-state index contributed by atoms with van der Waals surface area (Å²) in [5.41, 5.74) is 2.26. The zero-order valence-electron chi connectivity index (χ0n) is 20.0. The first kappa shape index (κ1) is 24.4. The maximum Gasteiger partial charge on any atom is 0.329 e. The van der Waals surface area contributed by atoms with Crippen LogP contribution in [0.15, 0.2) is 12.1 Å². The average molecular weight is 473 g/mol. The number of carboxylic acid groups (broad SMARTS) is 1. The Kier molecular flexibility index (Phi) is 7.40. The summed E-state index contributed by atoms with van der Waals surface area (Å²) in [6.45, 7) is 3.14. The Morgan fingerprint density at radius 3 is 2.38 bits per heavy atom. The molecule has 4 rings (SSSR count). The van der Waals surface area contributed by atoms with Crippen molar-refractivity contribution in [3.63, 3.8) is 0 Å². The highest BCUT2D eigenvalue weighted by molar-refractivity contribution is 5.83. The molecule has 0 saturated carbocycles. The van der Waals surface area contributed by atoms with Gasteiger partial charge in [0.2, 0.25) is 5.91 Å². The zero-order valence-corrected chi connectivity index (χ0v) is 20.0. The summed E-state index contributed by atoms with van der Waals surface area (Å²) in [6, 6.07) is 2.98. The predicted octanol–water partition coefficient (Wildman–Crippen LogP) is 1.75. The van der Waals surface area contributed by atoms with E-state index in [1.165, 1.54) is 31.0 Å². The lowest BCUT2D eigenvalue weighted by molar-refractivity contribution is -0.152. The van der Waals surface area contributed by atoms with E-state index < -0.39 is 23.5 Å². The molecule has 3 amide bonds. The highest BCUT2D eigenvalue weighted by atomic mass is 16.4. The van der Waals surface area contributed by atoms with Gasteiger partial charge >= 0.3 is 12.0 Å². The van der Waals surface area contributed by atoms with E-state index in [2.05, 4.69) is 17.4 Å². The van der Waals surface area contributed by atoms with Gasteiger partial charge in [-0.3, -0.25) is 9.78 Å². The van der Waals surface area contributed by atoms with E-state index >= 15 is 0 Å². The Labute approximate surface area is 200 Å². The number of amides is 3. The van der Waals surface area contributed by atoms with Crippen molar-refractivity contribution in [3.05, 3.63) is 29.1 Å². The molecule has 1 aromatic heterocycles. The number of nitrogens with zero attached hydrogens (tertiary/aromatic N) is 3. The second kappa shape index (κ2) is 10.3. The minimum atomic E-state index is -1.57. The van der Waals surface area contributed by atoms with E-state index in [4.69, 9.17) is 4.98 Å². The van der Waals surface area contributed by atoms with Crippen LogP contribution in [0.3, 0.4) is 0 Å². The van der Waals surface area contributed by atoms with Crippen LogP contribution < -0.4 is 5.32 Å². The Morgan fingerprint density at radius 1 is 1.09 bits per heavy atom. The molecular formula is C25H36N4O5. The number of hydrogen-bond donors (Lipinski definition) is 3. The maximum absolute atomic E-state index is 13.0. The Hall–Kier alpha value is -2.68. The monoisotopic (exact) mass is 472 g/mol. The van der Waals surface area contributed by atoms with Crippen molar-refractivity contribution in [3.8, 4) is 0 Å². The normalized spacial score (nSPS) is 21.5. The van der Waals surface area contributed by atoms with Crippen LogP contribution in [0.1, 0.15) is 62.4 Å². The summed E-state index contributed by atoms with van der Waals surface area (Å²) in [5.74, 6) is -1.26. The molecular weight excluding hydrogens is 436 g/mol. The summed E-state index contributed by atoms with van der Waals surface area (Å²) in [4.78, 5) is 44.4. The minimum absolute atomic E-state index is 0.0567. The van der Waals surface area contributed by atoms with E-state index in [0.29, 0.717) is 19.0 Å². The van der Waals surface area contributed by atoms with Crippen LogP contribution >= 0.6 is 0 Å². The van der Waals surface area contributed by atoms with Gasteiger partial charge in [-0.2, -0.15) is 0 Å². The van der Waals surface area contributed by atoms with E-state index in [1.807, 2.05) is 4.90 Å². The second-order valence-electron chi connectivity index (χ2n) is 10.1. The quantitative estimate of drug-likeness (QED) is 0.600. The lowest BCUT2D eigenvalue weighted by Gasteiger charge is -2.43. The van der Waals surface area contributed by atoms with Crippen LogP contribution in [0.25, 0.3) is 0 Å². The largest absolute Gasteiger partial charge is 0.480 e. The van der Waals surface area contributed by atoms with Gasteiger partial charge in [-0.15, -0.1) is 0 Å². The van der Waals surface area contributed by atoms with Gasteiger partial charge in [-0.25, -0.2) is 9.59 Å². The number of pyridine rings is 1. The maximum atomic E-state index is 13.0. The van der Waals surface area contributed by atoms with Crippen LogP contribution in [0.5, 0.6) is 0 Å². The Bertz CT molecular complexity index is 920. The topological polar surface area (TPSA) is 123 Å². The first-order valence-corrected chi connectivity index (χ1v) is 12.5.